The highest BCUT2D eigenvalue weighted by Crippen LogP contribution is 2.42. The Morgan fingerprint density at radius 2 is 1.64 bits per heavy atom. The Morgan fingerprint density at radius 1 is 0.970 bits per heavy atom. The Balaban J connectivity index is 1.95. The van der Waals surface area contributed by atoms with Crippen molar-refractivity contribution in [3.05, 3.63) is 76.4 Å². The van der Waals surface area contributed by atoms with E-state index in [1.807, 2.05) is 36.4 Å². The molecular formula is C28H32ClN3O. The third kappa shape index (κ3) is 4.77. The van der Waals surface area contributed by atoms with E-state index in [4.69, 9.17) is 22.3 Å². The number of nitrogens with zero attached hydrogens (tertiary/aromatic N) is 2. The summed E-state index contributed by atoms with van der Waals surface area (Å²) in [4.78, 5) is 19.7. The molecule has 2 amide bonds. The SMILES string of the molecule is CCc1cccc(CC)c1N(C(N)=O)c1ccc(C2CCCCC2)nc1-c1ccccc1Cl. The zero-order chi connectivity index (χ0) is 23.4. The lowest BCUT2D eigenvalue weighted by Gasteiger charge is -2.29. The highest BCUT2D eigenvalue weighted by atomic mass is 35.5. The van der Waals surface area contributed by atoms with Gasteiger partial charge in [-0.15, -0.1) is 0 Å². The van der Waals surface area contributed by atoms with Crippen molar-refractivity contribution in [3.8, 4) is 11.3 Å². The molecular weight excluding hydrogens is 430 g/mol. The van der Waals surface area contributed by atoms with Crippen molar-refractivity contribution in [2.45, 2.75) is 64.7 Å². The number of carbonyl (C=O) groups excluding carboxylic acids is 1. The average molecular weight is 462 g/mol. The predicted octanol–water partition coefficient (Wildman–Crippen LogP) is 7.79. The molecule has 2 N–H and O–H groups in total. The summed E-state index contributed by atoms with van der Waals surface area (Å²) in [5.74, 6) is 0.435. The fourth-order valence-corrected chi connectivity index (χ4v) is 5.20. The van der Waals surface area contributed by atoms with Gasteiger partial charge in [0.25, 0.3) is 0 Å². The Morgan fingerprint density at radius 3 is 2.24 bits per heavy atom. The quantitative estimate of drug-likeness (QED) is 0.407. The van der Waals surface area contributed by atoms with Gasteiger partial charge in [-0.05, 0) is 55.0 Å². The molecule has 0 unspecified atom stereocenters. The van der Waals surface area contributed by atoms with Crippen LogP contribution in [0.2, 0.25) is 5.02 Å². The van der Waals surface area contributed by atoms with E-state index in [2.05, 4.69) is 32.0 Å². The van der Waals surface area contributed by atoms with Crippen LogP contribution >= 0.6 is 11.6 Å². The number of urea groups is 1. The van der Waals surface area contributed by atoms with Crippen LogP contribution in [0.25, 0.3) is 11.3 Å². The highest BCUT2D eigenvalue weighted by Gasteiger charge is 2.27. The topological polar surface area (TPSA) is 59.2 Å². The number of hydrogen-bond donors (Lipinski definition) is 1. The van der Waals surface area contributed by atoms with Crippen LogP contribution < -0.4 is 10.6 Å². The number of halogens is 1. The number of nitrogens with two attached hydrogens (primary N) is 1. The van der Waals surface area contributed by atoms with Crippen LogP contribution in [0.1, 0.15) is 68.7 Å². The number of primary amides is 1. The molecule has 172 valence electrons. The summed E-state index contributed by atoms with van der Waals surface area (Å²) in [6.07, 6.45) is 7.62. The molecule has 33 heavy (non-hydrogen) atoms. The number of pyridine rings is 1. The molecule has 0 aliphatic heterocycles. The molecule has 1 aliphatic carbocycles. The second-order valence-corrected chi connectivity index (χ2v) is 9.13. The van der Waals surface area contributed by atoms with Gasteiger partial charge in [0.05, 0.1) is 22.1 Å². The van der Waals surface area contributed by atoms with Crippen LogP contribution in [0.5, 0.6) is 0 Å². The number of amides is 2. The van der Waals surface area contributed by atoms with Crippen molar-refractivity contribution >= 4 is 29.0 Å². The summed E-state index contributed by atoms with van der Waals surface area (Å²) in [6.45, 7) is 4.19. The number of para-hydroxylation sites is 1. The molecule has 0 atom stereocenters. The summed E-state index contributed by atoms with van der Waals surface area (Å²) in [6, 6.07) is 17.4. The fourth-order valence-electron chi connectivity index (χ4n) is 4.98. The van der Waals surface area contributed by atoms with Gasteiger partial charge in [-0.2, -0.15) is 0 Å². The molecule has 5 heteroatoms. The molecule has 1 heterocycles. The van der Waals surface area contributed by atoms with E-state index in [0.717, 1.165) is 53.8 Å². The number of hydrogen-bond acceptors (Lipinski definition) is 2. The highest BCUT2D eigenvalue weighted by molar-refractivity contribution is 6.33. The molecule has 0 radical (unpaired) electrons. The number of aromatic nitrogens is 1. The van der Waals surface area contributed by atoms with Crippen molar-refractivity contribution in [2.24, 2.45) is 5.73 Å². The molecule has 0 spiro atoms. The van der Waals surface area contributed by atoms with Crippen LogP contribution in [0.15, 0.2) is 54.6 Å². The molecule has 0 saturated heterocycles. The fraction of sp³-hybridized carbons (Fsp3) is 0.357. The number of aryl methyl sites for hydroxylation is 2. The maximum absolute atomic E-state index is 13.0. The number of rotatable bonds is 6. The van der Waals surface area contributed by atoms with Crippen LogP contribution in [-0.4, -0.2) is 11.0 Å². The van der Waals surface area contributed by atoms with Gasteiger partial charge in [0.2, 0.25) is 0 Å². The van der Waals surface area contributed by atoms with E-state index >= 15 is 0 Å². The smallest absolute Gasteiger partial charge is 0.323 e. The average Bonchev–Trinajstić information content (AvgIpc) is 2.85. The first kappa shape index (κ1) is 23.3. The Kier molecular flexibility index (Phi) is 7.34. The van der Waals surface area contributed by atoms with Crippen LogP contribution in [0.4, 0.5) is 16.2 Å². The zero-order valence-corrected chi connectivity index (χ0v) is 20.2. The van der Waals surface area contributed by atoms with E-state index in [9.17, 15) is 4.79 Å². The number of anilines is 2. The lowest BCUT2D eigenvalue weighted by atomic mass is 9.86. The van der Waals surface area contributed by atoms with Gasteiger partial charge < -0.3 is 5.73 Å². The van der Waals surface area contributed by atoms with E-state index in [0.29, 0.717) is 22.3 Å². The maximum atomic E-state index is 13.0. The molecule has 4 rings (SSSR count). The zero-order valence-electron chi connectivity index (χ0n) is 19.5. The molecule has 1 aromatic heterocycles. The van der Waals surface area contributed by atoms with Gasteiger partial charge in [0.1, 0.15) is 0 Å². The van der Waals surface area contributed by atoms with Crippen molar-refractivity contribution in [3.63, 3.8) is 0 Å². The Hall–Kier alpha value is -2.85. The minimum absolute atomic E-state index is 0.435. The second-order valence-electron chi connectivity index (χ2n) is 8.72. The first-order chi connectivity index (χ1) is 16.0. The van der Waals surface area contributed by atoms with Crippen molar-refractivity contribution < 1.29 is 4.79 Å². The van der Waals surface area contributed by atoms with E-state index in [1.54, 1.807) is 4.90 Å². The molecule has 0 bridgehead atoms. The summed E-state index contributed by atoms with van der Waals surface area (Å²) in [5.41, 5.74) is 12.3. The van der Waals surface area contributed by atoms with Gasteiger partial charge >= 0.3 is 6.03 Å². The Bertz CT molecular complexity index is 1120. The van der Waals surface area contributed by atoms with Crippen molar-refractivity contribution in [2.75, 3.05) is 4.90 Å². The third-order valence-corrected chi connectivity index (χ3v) is 7.03. The van der Waals surface area contributed by atoms with Gasteiger partial charge in [-0.25, -0.2) is 4.79 Å². The van der Waals surface area contributed by atoms with Crippen LogP contribution in [-0.2, 0) is 12.8 Å². The first-order valence-electron chi connectivity index (χ1n) is 12.0. The second kappa shape index (κ2) is 10.4. The van der Waals surface area contributed by atoms with Gasteiger partial charge in [0, 0.05) is 17.2 Å². The van der Waals surface area contributed by atoms with Crippen LogP contribution in [0.3, 0.4) is 0 Å². The standard InChI is InChI=1S/C28H32ClN3O/c1-3-19-13-10-14-20(4-2)27(19)32(28(30)33)25-18-17-24(21-11-6-5-7-12-21)31-26(25)22-15-8-9-16-23(22)29/h8-10,13-18,21H,3-7,11-12H2,1-2H3,(H2,30,33). The number of carbonyl (C=O) groups is 1. The van der Waals surface area contributed by atoms with Gasteiger partial charge in [0.15, 0.2) is 0 Å². The summed E-state index contributed by atoms with van der Waals surface area (Å²) >= 11 is 6.64. The summed E-state index contributed by atoms with van der Waals surface area (Å²) < 4.78 is 0. The molecule has 4 nitrogen and oxygen atoms in total. The van der Waals surface area contributed by atoms with Gasteiger partial charge in [-0.1, -0.05) is 81.1 Å². The lowest BCUT2D eigenvalue weighted by Crippen LogP contribution is -2.33. The molecule has 1 aliphatic rings. The predicted molar refractivity (Wildman–Crippen MR) is 137 cm³/mol. The van der Waals surface area contributed by atoms with E-state index in [1.165, 1.54) is 19.3 Å². The molecule has 2 aromatic carbocycles. The number of benzene rings is 2. The van der Waals surface area contributed by atoms with Crippen LogP contribution in [0, 0.1) is 0 Å². The van der Waals surface area contributed by atoms with Gasteiger partial charge in [-0.3, -0.25) is 9.88 Å². The summed E-state index contributed by atoms with van der Waals surface area (Å²) in [7, 11) is 0. The summed E-state index contributed by atoms with van der Waals surface area (Å²) in [5, 5.41) is 0.607. The lowest BCUT2D eigenvalue weighted by molar-refractivity contribution is 0.256. The maximum Gasteiger partial charge on any atom is 0.323 e. The van der Waals surface area contributed by atoms with Crippen molar-refractivity contribution in [1.29, 1.82) is 0 Å². The first-order valence-corrected chi connectivity index (χ1v) is 12.4. The largest absolute Gasteiger partial charge is 0.351 e. The van der Waals surface area contributed by atoms with E-state index < -0.39 is 6.03 Å². The Labute approximate surface area is 201 Å². The van der Waals surface area contributed by atoms with Crippen molar-refractivity contribution in [1.82, 2.24) is 4.98 Å². The minimum atomic E-state index is -0.522. The third-order valence-electron chi connectivity index (χ3n) is 6.70. The molecule has 1 fully saturated rings. The normalized spacial score (nSPS) is 14.3. The van der Waals surface area contributed by atoms with E-state index in [-0.39, 0.29) is 0 Å². The minimum Gasteiger partial charge on any atom is -0.351 e. The monoisotopic (exact) mass is 461 g/mol. The molecule has 3 aromatic rings. The molecule has 1 saturated carbocycles.